The fourth-order valence-corrected chi connectivity index (χ4v) is 5.22. The second-order valence-corrected chi connectivity index (χ2v) is 10.4. The zero-order valence-corrected chi connectivity index (χ0v) is 22.9. The normalized spacial score (nSPS) is 11.8. The van der Waals surface area contributed by atoms with Gasteiger partial charge in [-0.05, 0) is 43.0 Å². The number of thioether (sulfide) groups is 1. The zero-order valence-electron chi connectivity index (χ0n) is 21.2. The van der Waals surface area contributed by atoms with E-state index < -0.39 is 5.97 Å². The van der Waals surface area contributed by atoms with Crippen LogP contribution in [0.25, 0.3) is 0 Å². The van der Waals surface area contributed by atoms with E-state index >= 15 is 0 Å². The van der Waals surface area contributed by atoms with E-state index in [2.05, 4.69) is 48.1 Å². The molecule has 0 radical (unpaired) electrons. The lowest BCUT2D eigenvalue weighted by Gasteiger charge is -2.16. The minimum atomic E-state index is -0.475. The highest BCUT2D eigenvalue weighted by atomic mass is 32.2. The van der Waals surface area contributed by atoms with Gasteiger partial charge in [0.05, 0.1) is 18.4 Å². The molecule has 0 aliphatic carbocycles. The molecule has 2 aromatic heterocycles. The molecule has 1 amide bonds. The van der Waals surface area contributed by atoms with Crippen molar-refractivity contribution < 1.29 is 19.1 Å². The molecule has 192 valence electrons. The number of ether oxygens (including phenoxy) is 2. The summed E-state index contributed by atoms with van der Waals surface area (Å²) in [6.07, 6.45) is 2.16. The summed E-state index contributed by atoms with van der Waals surface area (Å²) in [5.41, 5.74) is 1.61. The first-order valence-corrected chi connectivity index (χ1v) is 13.5. The Balaban J connectivity index is 1.68. The Labute approximate surface area is 220 Å². The van der Waals surface area contributed by atoms with Crippen molar-refractivity contribution in [1.82, 2.24) is 14.8 Å². The fourth-order valence-electron chi connectivity index (χ4n) is 3.46. The van der Waals surface area contributed by atoms with Gasteiger partial charge in [-0.15, -0.1) is 28.1 Å². The molecule has 10 heteroatoms. The molecule has 2 heterocycles. The average Bonchev–Trinajstić information content (AvgIpc) is 3.46. The first kappa shape index (κ1) is 27.5. The number of thiophene rings is 1. The molecule has 1 unspecified atom stereocenters. The van der Waals surface area contributed by atoms with Gasteiger partial charge in [0.25, 0.3) is 0 Å². The molecule has 0 fully saturated rings. The maximum absolute atomic E-state index is 12.7. The number of esters is 1. The number of amides is 1. The third kappa shape index (κ3) is 6.76. The van der Waals surface area contributed by atoms with Gasteiger partial charge in [-0.2, -0.15) is 0 Å². The Kier molecular flexibility index (Phi) is 9.72. The minimum absolute atomic E-state index is 0.0984. The van der Waals surface area contributed by atoms with Crippen molar-refractivity contribution in [2.75, 3.05) is 18.2 Å². The number of methoxy groups -OCH3 is 1. The topological polar surface area (TPSA) is 95.3 Å². The highest BCUT2D eigenvalue weighted by Crippen LogP contribution is 2.30. The van der Waals surface area contributed by atoms with Crippen LogP contribution in [0.5, 0.6) is 5.75 Å². The molecule has 0 spiro atoms. The molecular formula is C26H32N4O4S2. The highest BCUT2D eigenvalue weighted by molar-refractivity contribution is 7.99. The summed E-state index contributed by atoms with van der Waals surface area (Å²) in [7, 11) is 1.32. The SMILES string of the molecule is C=CCn1c(SCC(=O)Nc2sc(CC)cc2C(=O)OC)nnc1C(C)Oc1ccc(C(C)C)cc1. The quantitative estimate of drug-likeness (QED) is 0.178. The average molecular weight is 529 g/mol. The molecule has 1 N–H and O–H groups in total. The molecule has 0 aliphatic heterocycles. The van der Waals surface area contributed by atoms with Crippen molar-refractivity contribution in [2.24, 2.45) is 0 Å². The summed E-state index contributed by atoms with van der Waals surface area (Å²) >= 11 is 2.63. The zero-order chi connectivity index (χ0) is 26.2. The van der Waals surface area contributed by atoms with Crippen molar-refractivity contribution in [3.63, 3.8) is 0 Å². The number of nitrogens with zero attached hydrogens (tertiary/aromatic N) is 3. The number of allylic oxidation sites excluding steroid dienone is 1. The van der Waals surface area contributed by atoms with Crippen LogP contribution in [0, 0.1) is 0 Å². The van der Waals surface area contributed by atoms with E-state index in [0.717, 1.165) is 17.0 Å². The first-order valence-electron chi connectivity index (χ1n) is 11.7. The van der Waals surface area contributed by atoms with Crippen molar-refractivity contribution in [2.45, 2.75) is 57.8 Å². The van der Waals surface area contributed by atoms with Gasteiger partial charge in [0.1, 0.15) is 10.8 Å². The standard InChI is InChI=1S/C26H32N4O4S2/c1-7-13-30-23(17(5)34-19-11-9-18(10-12-19)16(3)4)28-29-26(30)35-15-22(31)27-24-21(25(32)33-6)14-20(8-2)36-24/h7,9-12,14,16-17H,1,8,13,15H2,2-6H3,(H,27,31). The molecule has 3 rings (SSSR count). The second kappa shape index (κ2) is 12.7. The lowest BCUT2D eigenvalue weighted by Crippen LogP contribution is -2.16. The van der Waals surface area contributed by atoms with Crippen molar-refractivity contribution in [3.05, 3.63) is 64.8 Å². The van der Waals surface area contributed by atoms with Gasteiger partial charge in [-0.3, -0.25) is 9.36 Å². The number of aryl methyl sites for hydroxylation is 1. The Morgan fingerprint density at radius 2 is 1.94 bits per heavy atom. The molecule has 1 atom stereocenters. The summed E-state index contributed by atoms with van der Waals surface area (Å²) in [6, 6.07) is 9.78. The van der Waals surface area contributed by atoms with Crippen LogP contribution >= 0.6 is 23.1 Å². The van der Waals surface area contributed by atoms with E-state index in [0.29, 0.717) is 34.0 Å². The number of nitrogens with one attached hydrogen (secondary N) is 1. The molecule has 0 bridgehead atoms. The largest absolute Gasteiger partial charge is 0.483 e. The Hall–Kier alpha value is -3.11. The van der Waals surface area contributed by atoms with E-state index in [1.54, 1.807) is 12.1 Å². The van der Waals surface area contributed by atoms with E-state index in [4.69, 9.17) is 9.47 Å². The van der Waals surface area contributed by atoms with E-state index in [9.17, 15) is 9.59 Å². The summed E-state index contributed by atoms with van der Waals surface area (Å²) in [5.74, 6) is 1.21. The third-order valence-corrected chi connectivity index (χ3v) is 7.56. The molecule has 0 aliphatic rings. The molecule has 3 aromatic rings. The fraction of sp³-hybridized carbons (Fsp3) is 0.385. The van der Waals surface area contributed by atoms with Gasteiger partial charge >= 0.3 is 5.97 Å². The number of benzene rings is 1. The smallest absolute Gasteiger partial charge is 0.340 e. The Morgan fingerprint density at radius 3 is 2.56 bits per heavy atom. The molecule has 0 saturated heterocycles. The van der Waals surface area contributed by atoms with E-state index in [1.807, 2.05) is 30.5 Å². The van der Waals surface area contributed by atoms with Gasteiger partial charge in [0, 0.05) is 11.4 Å². The van der Waals surface area contributed by atoms with Crippen LogP contribution in [0.4, 0.5) is 5.00 Å². The second-order valence-electron chi connectivity index (χ2n) is 8.36. The number of aromatic nitrogens is 3. The minimum Gasteiger partial charge on any atom is -0.483 e. The number of anilines is 1. The monoisotopic (exact) mass is 528 g/mol. The number of hydrogen-bond donors (Lipinski definition) is 1. The number of carbonyl (C=O) groups is 2. The molecule has 36 heavy (non-hydrogen) atoms. The van der Waals surface area contributed by atoms with Crippen molar-refractivity contribution in [1.29, 1.82) is 0 Å². The highest BCUT2D eigenvalue weighted by Gasteiger charge is 2.21. The van der Waals surface area contributed by atoms with E-state index in [1.165, 1.54) is 35.8 Å². The van der Waals surface area contributed by atoms with Crippen LogP contribution in [0.15, 0.2) is 48.1 Å². The van der Waals surface area contributed by atoms with Gasteiger partial charge in [0.2, 0.25) is 5.91 Å². The van der Waals surface area contributed by atoms with Crippen LogP contribution < -0.4 is 10.1 Å². The predicted octanol–water partition coefficient (Wildman–Crippen LogP) is 5.87. The lowest BCUT2D eigenvalue weighted by molar-refractivity contribution is -0.113. The molecule has 1 aromatic carbocycles. The third-order valence-electron chi connectivity index (χ3n) is 5.40. The van der Waals surface area contributed by atoms with Crippen LogP contribution in [0.2, 0.25) is 0 Å². The van der Waals surface area contributed by atoms with Crippen molar-refractivity contribution >= 4 is 40.0 Å². The lowest BCUT2D eigenvalue weighted by atomic mass is 10.0. The summed E-state index contributed by atoms with van der Waals surface area (Å²) in [4.78, 5) is 25.8. The summed E-state index contributed by atoms with van der Waals surface area (Å²) < 4.78 is 12.8. The Bertz CT molecular complexity index is 1200. The van der Waals surface area contributed by atoms with E-state index in [-0.39, 0.29) is 17.8 Å². The van der Waals surface area contributed by atoms with Gasteiger partial charge in [-0.1, -0.05) is 50.7 Å². The molecular weight excluding hydrogens is 496 g/mol. The van der Waals surface area contributed by atoms with Crippen LogP contribution in [0.1, 0.15) is 66.3 Å². The van der Waals surface area contributed by atoms with Crippen molar-refractivity contribution in [3.8, 4) is 5.75 Å². The van der Waals surface area contributed by atoms with Crippen LogP contribution in [-0.2, 0) is 22.5 Å². The Morgan fingerprint density at radius 1 is 1.22 bits per heavy atom. The number of hydrogen-bond acceptors (Lipinski definition) is 8. The molecule has 0 saturated carbocycles. The predicted molar refractivity (Wildman–Crippen MR) is 144 cm³/mol. The maximum Gasteiger partial charge on any atom is 0.340 e. The van der Waals surface area contributed by atoms with Gasteiger partial charge < -0.3 is 14.8 Å². The van der Waals surface area contributed by atoms with Crippen LogP contribution in [-0.4, -0.2) is 39.5 Å². The maximum atomic E-state index is 12.7. The van der Waals surface area contributed by atoms with Crippen LogP contribution in [0.3, 0.4) is 0 Å². The first-order chi connectivity index (χ1) is 17.3. The summed E-state index contributed by atoms with van der Waals surface area (Å²) in [5, 5.41) is 12.5. The van der Waals surface area contributed by atoms with Gasteiger partial charge in [0.15, 0.2) is 17.1 Å². The number of carbonyl (C=O) groups excluding carboxylic acids is 2. The number of rotatable bonds is 12. The summed E-state index contributed by atoms with van der Waals surface area (Å²) in [6.45, 7) is 12.5. The van der Waals surface area contributed by atoms with Gasteiger partial charge in [-0.25, -0.2) is 4.79 Å². The molecule has 8 nitrogen and oxygen atoms in total.